The molecule has 0 spiro atoms. The van der Waals surface area contributed by atoms with Crippen LogP contribution in [0.25, 0.3) is 0 Å². The summed E-state index contributed by atoms with van der Waals surface area (Å²) in [6.45, 7) is 1.80. The van der Waals surface area contributed by atoms with Crippen molar-refractivity contribution < 1.29 is 14.7 Å². The van der Waals surface area contributed by atoms with Gasteiger partial charge in [0, 0.05) is 25.2 Å². The number of fused-ring (bicyclic) bond motifs is 3. The van der Waals surface area contributed by atoms with Crippen molar-refractivity contribution in [3.63, 3.8) is 0 Å². The summed E-state index contributed by atoms with van der Waals surface area (Å²) in [5.41, 5.74) is 0. The number of hydrogen-bond donors (Lipinski definition) is 1. The molecule has 110 valence electrons. The van der Waals surface area contributed by atoms with E-state index >= 15 is 0 Å². The average Bonchev–Trinajstić information content (AvgIpc) is 3.15. The van der Waals surface area contributed by atoms with Gasteiger partial charge in [-0.25, -0.2) is 4.79 Å². The molecule has 1 N–H and O–H groups in total. The highest BCUT2D eigenvalue weighted by Crippen LogP contribution is 2.44. The van der Waals surface area contributed by atoms with Gasteiger partial charge in [-0.1, -0.05) is 6.42 Å². The molecular weight excluding hydrogens is 256 g/mol. The van der Waals surface area contributed by atoms with Crippen molar-refractivity contribution in [1.29, 1.82) is 0 Å². The Kier molecular flexibility index (Phi) is 2.72. The first kappa shape index (κ1) is 12.5. The van der Waals surface area contributed by atoms with Gasteiger partial charge in [0.15, 0.2) is 0 Å². The quantitative estimate of drug-likeness (QED) is 0.795. The lowest BCUT2D eigenvalue weighted by atomic mass is 9.89. The summed E-state index contributed by atoms with van der Waals surface area (Å²) in [4.78, 5) is 28.0. The van der Waals surface area contributed by atoms with E-state index in [9.17, 15) is 14.7 Å². The zero-order chi connectivity index (χ0) is 13.9. The van der Waals surface area contributed by atoms with Crippen LogP contribution in [0.2, 0.25) is 0 Å². The first-order valence-electron chi connectivity index (χ1n) is 7.95. The lowest BCUT2D eigenvalue weighted by Crippen LogP contribution is -2.46. The molecule has 4 rings (SSSR count). The van der Waals surface area contributed by atoms with Gasteiger partial charge < -0.3 is 14.9 Å². The second-order valence-electron chi connectivity index (χ2n) is 7.02. The van der Waals surface area contributed by atoms with E-state index in [2.05, 4.69) is 0 Å². The van der Waals surface area contributed by atoms with Gasteiger partial charge in [-0.3, -0.25) is 4.79 Å². The molecule has 2 bridgehead atoms. The van der Waals surface area contributed by atoms with Crippen LogP contribution in [0.4, 0.5) is 4.79 Å². The van der Waals surface area contributed by atoms with E-state index in [0.29, 0.717) is 18.3 Å². The van der Waals surface area contributed by atoms with Gasteiger partial charge in [0.1, 0.15) is 0 Å². The summed E-state index contributed by atoms with van der Waals surface area (Å²) in [7, 11) is 0. The highest BCUT2D eigenvalue weighted by molar-refractivity contribution is 5.79. The molecule has 5 heteroatoms. The van der Waals surface area contributed by atoms with Gasteiger partial charge in [0.05, 0.1) is 5.92 Å². The minimum absolute atomic E-state index is 0.0505. The maximum atomic E-state index is 12.8. The number of urea groups is 1. The Morgan fingerprint density at radius 3 is 2.30 bits per heavy atom. The fourth-order valence-electron chi connectivity index (χ4n) is 5.11. The van der Waals surface area contributed by atoms with Crippen molar-refractivity contribution in [3.05, 3.63) is 0 Å². The number of carboxylic acid groups (broad SMARTS) is 1. The average molecular weight is 278 g/mol. The number of carbonyl (C=O) groups excluding carboxylic acids is 1. The number of nitrogens with zero attached hydrogens (tertiary/aromatic N) is 2. The first-order chi connectivity index (χ1) is 9.65. The molecule has 0 aromatic carbocycles. The third-order valence-corrected chi connectivity index (χ3v) is 6.07. The molecule has 3 heterocycles. The van der Waals surface area contributed by atoms with Crippen molar-refractivity contribution in [2.24, 2.45) is 17.8 Å². The van der Waals surface area contributed by atoms with Crippen LogP contribution in [0, 0.1) is 17.8 Å². The molecule has 4 fully saturated rings. The van der Waals surface area contributed by atoms with E-state index in [-0.39, 0.29) is 24.0 Å². The molecule has 0 aromatic rings. The Hall–Kier alpha value is -1.26. The second kappa shape index (κ2) is 4.37. The Balaban J connectivity index is 1.48. The molecule has 4 aliphatic rings. The van der Waals surface area contributed by atoms with Crippen LogP contribution in [-0.2, 0) is 4.79 Å². The fraction of sp³-hybridized carbons (Fsp3) is 0.867. The van der Waals surface area contributed by atoms with Crippen LogP contribution in [0.5, 0.6) is 0 Å². The Bertz CT molecular complexity index is 440. The molecule has 3 saturated heterocycles. The Labute approximate surface area is 118 Å². The zero-order valence-electron chi connectivity index (χ0n) is 11.7. The standard InChI is InChI=1S/C15H22N2O3/c18-14(19)12-6-11-4-5-13(12)17(11)15(20)16-7-9-2-1-3-10(9)8-16/h9-13H,1-8H2,(H,18,19). The maximum absolute atomic E-state index is 12.8. The number of carbonyl (C=O) groups is 2. The lowest BCUT2D eigenvalue weighted by Gasteiger charge is -2.29. The monoisotopic (exact) mass is 278 g/mol. The van der Waals surface area contributed by atoms with Gasteiger partial charge in [-0.05, 0) is 43.9 Å². The molecule has 5 unspecified atom stereocenters. The zero-order valence-corrected chi connectivity index (χ0v) is 11.7. The number of likely N-dealkylation sites (tertiary alicyclic amines) is 1. The lowest BCUT2D eigenvalue weighted by molar-refractivity contribution is -0.142. The van der Waals surface area contributed by atoms with Gasteiger partial charge >= 0.3 is 12.0 Å². The largest absolute Gasteiger partial charge is 0.481 e. The molecule has 0 radical (unpaired) electrons. The van der Waals surface area contributed by atoms with E-state index in [1.807, 2.05) is 9.80 Å². The van der Waals surface area contributed by atoms with Crippen LogP contribution in [0.15, 0.2) is 0 Å². The predicted octanol–water partition coefficient (Wildman–Crippen LogP) is 1.78. The summed E-state index contributed by atoms with van der Waals surface area (Å²) in [5, 5.41) is 9.28. The summed E-state index contributed by atoms with van der Waals surface area (Å²) in [6, 6.07) is 0.245. The number of hydrogen-bond acceptors (Lipinski definition) is 2. The number of amides is 2. The summed E-state index contributed by atoms with van der Waals surface area (Å²) in [5.74, 6) is 0.344. The van der Waals surface area contributed by atoms with Crippen molar-refractivity contribution in [1.82, 2.24) is 9.80 Å². The molecule has 0 aromatic heterocycles. The van der Waals surface area contributed by atoms with E-state index in [1.165, 1.54) is 19.3 Å². The van der Waals surface area contributed by atoms with Crippen molar-refractivity contribution in [2.75, 3.05) is 13.1 Å². The van der Waals surface area contributed by atoms with Crippen molar-refractivity contribution >= 4 is 12.0 Å². The molecule has 20 heavy (non-hydrogen) atoms. The molecular formula is C15H22N2O3. The Morgan fingerprint density at radius 2 is 1.70 bits per heavy atom. The third kappa shape index (κ3) is 1.68. The Morgan fingerprint density at radius 1 is 1.00 bits per heavy atom. The summed E-state index contributed by atoms with van der Waals surface area (Å²) in [6.07, 6.45) is 6.35. The van der Waals surface area contributed by atoms with Gasteiger partial charge in [-0.2, -0.15) is 0 Å². The van der Waals surface area contributed by atoms with E-state index in [4.69, 9.17) is 0 Å². The minimum atomic E-state index is -0.728. The maximum Gasteiger partial charge on any atom is 0.320 e. The van der Waals surface area contributed by atoms with E-state index < -0.39 is 5.97 Å². The molecule has 2 amide bonds. The van der Waals surface area contributed by atoms with Gasteiger partial charge in [-0.15, -0.1) is 0 Å². The van der Waals surface area contributed by atoms with Crippen molar-refractivity contribution in [2.45, 2.75) is 50.6 Å². The second-order valence-corrected chi connectivity index (χ2v) is 7.02. The molecule has 3 aliphatic heterocycles. The fourth-order valence-corrected chi connectivity index (χ4v) is 5.11. The van der Waals surface area contributed by atoms with Crippen LogP contribution < -0.4 is 0 Å². The number of rotatable bonds is 1. The highest BCUT2D eigenvalue weighted by atomic mass is 16.4. The van der Waals surface area contributed by atoms with Gasteiger partial charge in [0.25, 0.3) is 0 Å². The van der Waals surface area contributed by atoms with Gasteiger partial charge in [0.2, 0.25) is 0 Å². The van der Waals surface area contributed by atoms with Crippen LogP contribution in [0.1, 0.15) is 38.5 Å². The van der Waals surface area contributed by atoms with E-state index in [1.54, 1.807) is 0 Å². The normalized spacial score (nSPS) is 42.3. The third-order valence-electron chi connectivity index (χ3n) is 6.07. The molecule has 5 atom stereocenters. The topological polar surface area (TPSA) is 60.9 Å². The molecule has 1 aliphatic carbocycles. The van der Waals surface area contributed by atoms with E-state index in [0.717, 1.165) is 25.9 Å². The van der Waals surface area contributed by atoms with Crippen LogP contribution in [0.3, 0.4) is 0 Å². The SMILES string of the molecule is O=C(O)C1CC2CCC1N2C(=O)N1CC2CCCC2C1. The highest BCUT2D eigenvalue weighted by Gasteiger charge is 2.53. The first-order valence-corrected chi connectivity index (χ1v) is 7.95. The van der Waals surface area contributed by atoms with Crippen LogP contribution in [-0.4, -0.2) is 52.1 Å². The van der Waals surface area contributed by atoms with Crippen LogP contribution >= 0.6 is 0 Å². The number of carboxylic acids is 1. The smallest absolute Gasteiger partial charge is 0.320 e. The summed E-state index contributed by atoms with van der Waals surface area (Å²) < 4.78 is 0. The summed E-state index contributed by atoms with van der Waals surface area (Å²) >= 11 is 0. The molecule has 5 nitrogen and oxygen atoms in total. The minimum Gasteiger partial charge on any atom is -0.481 e. The predicted molar refractivity (Wildman–Crippen MR) is 72.2 cm³/mol. The molecule has 1 saturated carbocycles. The number of aliphatic carboxylic acids is 1. The van der Waals surface area contributed by atoms with Crippen molar-refractivity contribution in [3.8, 4) is 0 Å².